The Labute approximate surface area is 119 Å². The van der Waals surface area contributed by atoms with Crippen LogP contribution in [0.5, 0.6) is 5.88 Å². The van der Waals surface area contributed by atoms with E-state index in [0.29, 0.717) is 6.61 Å². The minimum absolute atomic E-state index is 0.0294. The molecule has 0 spiro atoms. The molecule has 0 saturated heterocycles. The summed E-state index contributed by atoms with van der Waals surface area (Å²) in [5.41, 5.74) is 5.87. The van der Waals surface area contributed by atoms with Crippen LogP contribution < -0.4 is 15.8 Å². The Morgan fingerprint density at radius 1 is 1.19 bits per heavy atom. The fourth-order valence-electron chi connectivity index (χ4n) is 1.56. The second kappa shape index (κ2) is 6.29. The normalized spacial score (nSPS) is 10.5. The summed E-state index contributed by atoms with van der Waals surface area (Å²) < 4.78 is 44.5. The number of nitrogens with two attached hydrogens (primary N) is 1. The van der Waals surface area contributed by atoms with Crippen LogP contribution in [0.3, 0.4) is 0 Å². The van der Waals surface area contributed by atoms with Crippen LogP contribution in [-0.2, 0) is 0 Å². The molecule has 0 bridgehead atoms. The highest BCUT2D eigenvalue weighted by Gasteiger charge is 2.13. The number of nitrogens with zero attached hydrogens (tertiary/aromatic N) is 2. The van der Waals surface area contributed by atoms with E-state index in [1.165, 1.54) is 6.33 Å². The summed E-state index contributed by atoms with van der Waals surface area (Å²) in [7, 11) is 0. The summed E-state index contributed by atoms with van der Waals surface area (Å²) in [5.74, 6) is -3.89. The van der Waals surface area contributed by atoms with Gasteiger partial charge in [0.2, 0.25) is 5.88 Å². The lowest BCUT2D eigenvalue weighted by Gasteiger charge is -2.11. The van der Waals surface area contributed by atoms with Gasteiger partial charge in [-0.1, -0.05) is 6.92 Å². The zero-order valence-electron chi connectivity index (χ0n) is 11.2. The Morgan fingerprint density at radius 3 is 2.48 bits per heavy atom. The van der Waals surface area contributed by atoms with Gasteiger partial charge in [-0.2, -0.15) is 4.98 Å². The van der Waals surface area contributed by atoms with Gasteiger partial charge in [-0.05, 0) is 6.42 Å². The number of nitrogen functional groups attached to an aromatic ring is 1. The predicted octanol–water partition coefficient (Wildman–Crippen LogP) is 3.01. The lowest BCUT2D eigenvalue weighted by molar-refractivity contribution is 0.307. The van der Waals surface area contributed by atoms with Crippen LogP contribution in [0.1, 0.15) is 13.3 Å². The lowest BCUT2D eigenvalue weighted by atomic mass is 10.3. The van der Waals surface area contributed by atoms with Gasteiger partial charge in [-0.15, -0.1) is 0 Å². The van der Waals surface area contributed by atoms with Crippen LogP contribution in [0.2, 0.25) is 0 Å². The lowest BCUT2D eigenvalue weighted by Crippen LogP contribution is -2.06. The van der Waals surface area contributed by atoms with Crippen LogP contribution in [0.15, 0.2) is 18.5 Å². The second-order valence-electron chi connectivity index (χ2n) is 4.17. The molecule has 2 aromatic rings. The molecule has 0 aliphatic carbocycles. The number of halogens is 3. The minimum Gasteiger partial charge on any atom is -0.476 e. The second-order valence-corrected chi connectivity index (χ2v) is 4.17. The third-order valence-corrected chi connectivity index (χ3v) is 2.54. The highest BCUT2D eigenvalue weighted by molar-refractivity contribution is 5.72. The molecule has 1 aromatic carbocycles. The van der Waals surface area contributed by atoms with Crippen LogP contribution in [0.25, 0.3) is 0 Å². The molecule has 1 aromatic heterocycles. The summed E-state index contributed by atoms with van der Waals surface area (Å²) in [6.07, 6.45) is 1.96. The summed E-state index contributed by atoms with van der Waals surface area (Å²) in [6.45, 7) is 2.33. The van der Waals surface area contributed by atoms with E-state index < -0.39 is 17.5 Å². The Morgan fingerprint density at radius 2 is 1.86 bits per heavy atom. The molecule has 5 nitrogen and oxygen atoms in total. The van der Waals surface area contributed by atoms with Crippen molar-refractivity contribution in [3.05, 3.63) is 35.9 Å². The topological polar surface area (TPSA) is 73.1 Å². The van der Waals surface area contributed by atoms with E-state index in [0.717, 1.165) is 18.6 Å². The summed E-state index contributed by atoms with van der Waals surface area (Å²) in [6, 6.07) is 1.60. The smallest absolute Gasteiger partial charge is 0.242 e. The molecule has 0 atom stereocenters. The maximum atomic E-state index is 13.1. The first kappa shape index (κ1) is 14.9. The zero-order valence-corrected chi connectivity index (χ0v) is 11.2. The fraction of sp³-hybridized carbons (Fsp3) is 0.231. The Balaban J connectivity index is 2.27. The van der Waals surface area contributed by atoms with Crippen molar-refractivity contribution in [3.63, 3.8) is 0 Å². The number of benzene rings is 1. The van der Waals surface area contributed by atoms with Crippen LogP contribution in [-0.4, -0.2) is 16.6 Å². The van der Waals surface area contributed by atoms with E-state index in [1.807, 2.05) is 6.92 Å². The number of rotatable bonds is 5. The maximum Gasteiger partial charge on any atom is 0.242 e. The van der Waals surface area contributed by atoms with E-state index in [4.69, 9.17) is 10.5 Å². The Bertz CT molecular complexity index is 628. The van der Waals surface area contributed by atoms with E-state index >= 15 is 0 Å². The van der Waals surface area contributed by atoms with Crippen molar-refractivity contribution in [3.8, 4) is 5.88 Å². The number of hydrogen-bond donors (Lipinski definition) is 2. The number of hydrogen-bond acceptors (Lipinski definition) is 5. The van der Waals surface area contributed by atoms with Gasteiger partial charge in [0.05, 0.1) is 6.61 Å². The summed E-state index contributed by atoms with van der Waals surface area (Å²) >= 11 is 0. The van der Waals surface area contributed by atoms with Gasteiger partial charge in [-0.3, -0.25) is 0 Å². The molecule has 0 unspecified atom stereocenters. The van der Waals surface area contributed by atoms with Gasteiger partial charge in [-0.25, -0.2) is 18.2 Å². The fourth-order valence-corrected chi connectivity index (χ4v) is 1.56. The van der Waals surface area contributed by atoms with Gasteiger partial charge in [0.15, 0.2) is 23.3 Å². The first-order valence-electron chi connectivity index (χ1n) is 6.17. The highest BCUT2D eigenvalue weighted by atomic mass is 19.2. The van der Waals surface area contributed by atoms with Crippen molar-refractivity contribution in [1.82, 2.24) is 9.97 Å². The molecule has 0 amide bonds. The van der Waals surface area contributed by atoms with Crippen molar-refractivity contribution >= 4 is 17.2 Å². The summed E-state index contributed by atoms with van der Waals surface area (Å²) in [5, 5.41) is 2.60. The number of nitrogens with one attached hydrogen (secondary N) is 1. The maximum absolute atomic E-state index is 13.1. The van der Waals surface area contributed by atoms with Crippen molar-refractivity contribution in [2.24, 2.45) is 0 Å². The molecule has 0 saturated carbocycles. The van der Waals surface area contributed by atoms with Gasteiger partial charge in [0.25, 0.3) is 0 Å². The molecule has 2 rings (SSSR count). The largest absolute Gasteiger partial charge is 0.476 e. The minimum atomic E-state index is -1.54. The van der Waals surface area contributed by atoms with Gasteiger partial charge < -0.3 is 15.8 Å². The average molecular weight is 298 g/mol. The standard InChI is InChI=1S/C13H13F3N4O/c1-2-3-21-13-11(17)12(18-6-19-13)20-7-4-8(14)10(16)9(15)5-7/h4-6H,2-3,17H2,1H3,(H,18,19,20). The third-order valence-electron chi connectivity index (χ3n) is 2.54. The van der Waals surface area contributed by atoms with Gasteiger partial charge in [0.1, 0.15) is 12.0 Å². The SMILES string of the molecule is CCCOc1ncnc(Nc2cc(F)c(F)c(F)c2)c1N. The van der Waals surface area contributed by atoms with Crippen molar-refractivity contribution < 1.29 is 17.9 Å². The molecule has 21 heavy (non-hydrogen) atoms. The highest BCUT2D eigenvalue weighted by Crippen LogP contribution is 2.28. The molecular formula is C13H13F3N4O. The van der Waals surface area contributed by atoms with Crippen molar-refractivity contribution in [2.45, 2.75) is 13.3 Å². The van der Waals surface area contributed by atoms with E-state index in [-0.39, 0.29) is 23.1 Å². The van der Waals surface area contributed by atoms with Crippen LogP contribution in [0.4, 0.5) is 30.4 Å². The van der Waals surface area contributed by atoms with Gasteiger partial charge >= 0.3 is 0 Å². The summed E-state index contributed by atoms with van der Waals surface area (Å²) in [4.78, 5) is 7.72. The first-order chi connectivity index (χ1) is 10.0. The zero-order chi connectivity index (χ0) is 15.4. The molecule has 1 heterocycles. The van der Waals surface area contributed by atoms with Crippen LogP contribution >= 0.6 is 0 Å². The van der Waals surface area contributed by atoms with E-state index in [1.54, 1.807) is 0 Å². The molecule has 0 radical (unpaired) electrons. The number of ether oxygens (including phenoxy) is 1. The van der Waals surface area contributed by atoms with E-state index in [9.17, 15) is 13.2 Å². The molecule has 3 N–H and O–H groups in total. The quantitative estimate of drug-likeness (QED) is 0.830. The molecule has 0 aliphatic rings. The first-order valence-corrected chi connectivity index (χ1v) is 6.17. The monoisotopic (exact) mass is 298 g/mol. The Kier molecular flexibility index (Phi) is 4.46. The molecule has 0 fully saturated rings. The Hall–Kier alpha value is -2.51. The average Bonchev–Trinajstić information content (AvgIpc) is 2.45. The number of aromatic nitrogens is 2. The molecule has 8 heteroatoms. The van der Waals surface area contributed by atoms with Crippen LogP contribution in [0, 0.1) is 17.5 Å². The number of anilines is 3. The molecule has 112 valence electrons. The molecule has 0 aliphatic heterocycles. The van der Waals surface area contributed by atoms with Crippen molar-refractivity contribution in [1.29, 1.82) is 0 Å². The molecular weight excluding hydrogens is 285 g/mol. The van der Waals surface area contributed by atoms with Gasteiger partial charge in [0, 0.05) is 17.8 Å². The third kappa shape index (κ3) is 3.33. The van der Waals surface area contributed by atoms with Crippen molar-refractivity contribution in [2.75, 3.05) is 17.7 Å². The van der Waals surface area contributed by atoms with E-state index in [2.05, 4.69) is 15.3 Å². The predicted molar refractivity (Wildman–Crippen MR) is 71.8 cm³/mol.